The maximum absolute atomic E-state index is 13.4. The van der Waals surface area contributed by atoms with E-state index in [2.05, 4.69) is 5.32 Å². The zero-order chi connectivity index (χ0) is 19.5. The van der Waals surface area contributed by atoms with E-state index >= 15 is 0 Å². The number of aromatic nitrogens is 2. The minimum Gasteiger partial charge on any atom is -0.323 e. The summed E-state index contributed by atoms with van der Waals surface area (Å²) >= 11 is 0. The smallest absolute Gasteiger partial charge is 0.323 e. The van der Waals surface area contributed by atoms with Crippen LogP contribution in [0.25, 0.3) is 11.0 Å². The molecule has 0 aliphatic carbocycles. The van der Waals surface area contributed by atoms with Crippen molar-refractivity contribution in [1.82, 2.24) is 9.13 Å². The Kier molecular flexibility index (Phi) is 3.67. The Balaban J connectivity index is 1.96. The van der Waals surface area contributed by atoms with Crippen molar-refractivity contribution in [2.24, 2.45) is 14.1 Å². The summed E-state index contributed by atoms with van der Waals surface area (Å²) in [7, 11) is -0.763. The van der Waals surface area contributed by atoms with E-state index in [0.717, 1.165) is 4.31 Å². The molecule has 2 heterocycles. The molecule has 27 heavy (non-hydrogen) atoms. The van der Waals surface area contributed by atoms with E-state index < -0.39 is 15.9 Å². The van der Waals surface area contributed by atoms with Crippen molar-refractivity contribution in [1.29, 1.82) is 0 Å². The summed E-state index contributed by atoms with van der Waals surface area (Å²) in [5.74, 6) is -0.400. The quantitative estimate of drug-likeness (QED) is 0.719. The normalized spacial score (nSPS) is 14.3. The summed E-state index contributed by atoms with van der Waals surface area (Å²) in [6.07, 6.45) is 0. The Morgan fingerprint density at radius 1 is 1.00 bits per heavy atom. The molecule has 0 unspecified atom stereocenters. The number of hydrogen-bond donors (Lipinski definition) is 1. The first kappa shape index (κ1) is 17.3. The maximum atomic E-state index is 13.4. The van der Waals surface area contributed by atoms with Gasteiger partial charge in [-0.05, 0) is 36.8 Å². The molecular weight excluding hydrogens is 368 g/mol. The monoisotopic (exact) mass is 386 g/mol. The molecule has 0 atom stereocenters. The molecule has 0 bridgehead atoms. The number of rotatable bonds is 2. The fourth-order valence-corrected chi connectivity index (χ4v) is 5.11. The van der Waals surface area contributed by atoms with Gasteiger partial charge in [0.1, 0.15) is 6.54 Å². The van der Waals surface area contributed by atoms with Gasteiger partial charge < -0.3 is 5.32 Å². The molecule has 8 nitrogen and oxygen atoms in total. The lowest BCUT2D eigenvalue weighted by molar-refractivity contribution is -0.115. The van der Waals surface area contributed by atoms with Crippen LogP contribution in [0.15, 0.2) is 46.1 Å². The van der Waals surface area contributed by atoms with Gasteiger partial charge in [0.15, 0.2) is 0 Å². The first-order valence-corrected chi connectivity index (χ1v) is 9.73. The number of aryl methyl sites for hydroxylation is 3. The highest BCUT2D eigenvalue weighted by Crippen LogP contribution is 2.35. The van der Waals surface area contributed by atoms with E-state index in [-0.39, 0.29) is 17.1 Å². The molecule has 2 aromatic carbocycles. The second-order valence-corrected chi connectivity index (χ2v) is 8.41. The third kappa shape index (κ3) is 2.46. The fourth-order valence-electron chi connectivity index (χ4n) is 3.44. The molecule has 4 rings (SSSR count). The number of carbonyl (C=O) groups excluding carboxylic acids is 1. The Morgan fingerprint density at radius 2 is 1.63 bits per heavy atom. The SMILES string of the molecule is Cc1cc2c(cc1S(=O)(=O)N1CC(=O)Nc3ccccc31)n(C)c(=O)n2C. The van der Waals surface area contributed by atoms with Gasteiger partial charge in [0.25, 0.3) is 10.0 Å². The van der Waals surface area contributed by atoms with Crippen LogP contribution in [0, 0.1) is 6.92 Å². The molecule has 0 spiro atoms. The summed E-state index contributed by atoms with van der Waals surface area (Å²) in [6.45, 7) is 1.38. The number of sulfonamides is 1. The Labute approximate surface area is 155 Å². The van der Waals surface area contributed by atoms with Crippen LogP contribution in [-0.2, 0) is 28.9 Å². The zero-order valence-corrected chi connectivity index (χ0v) is 15.9. The highest BCUT2D eigenvalue weighted by Gasteiger charge is 2.33. The lowest BCUT2D eigenvalue weighted by Gasteiger charge is -2.30. The maximum Gasteiger partial charge on any atom is 0.328 e. The highest BCUT2D eigenvalue weighted by atomic mass is 32.2. The molecule has 0 fully saturated rings. The van der Waals surface area contributed by atoms with E-state index in [4.69, 9.17) is 0 Å². The van der Waals surface area contributed by atoms with Crippen LogP contribution < -0.4 is 15.3 Å². The summed E-state index contributed by atoms with van der Waals surface area (Å²) in [6, 6.07) is 9.93. The number of benzene rings is 2. The van der Waals surface area contributed by atoms with Gasteiger partial charge in [-0.2, -0.15) is 0 Å². The number of carbonyl (C=O) groups is 1. The van der Waals surface area contributed by atoms with Crippen LogP contribution in [0.2, 0.25) is 0 Å². The van der Waals surface area contributed by atoms with Crippen molar-refractivity contribution < 1.29 is 13.2 Å². The zero-order valence-electron chi connectivity index (χ0n) is 15.1. The van der Waals surface area contributed by atoms with Crippen molar-refractivity contribution >= 4 is 38.3 Å². The number of amides is 1. The second-order valence-electron chi connectivity index (χ2n) is 6.58. The Morgan fingerprint density at radius 3 is 2.33 bits per heavy atom. The van der Waals surface area contributed by atoms with Crippen LogP contribution >= 0.6 is 0 Å². The summed E-state index contributed by atoms with van der Waals surface area (Å²) in [5, 5.41) is 2.68. The predicted octanol–water partition coefficient (Wildman–Crippen LogP) is 1.33. The largest absolute Gasteiger partial charge is 0.328 e. The van der Waals surface area contributed by atoms with Crippen LogP contribution in [0.5, 0.6) is 0 Å². The molecule has 1 aliphatic rings. The van der Waals surface area contributed by atoms with Gasteiger partial charge in [-0.25, -0.2) is 13.2 Å². The summed E-state index contributed by atoms with van der Waals surface area (Å²) in [4.78, 5) is 24.3. The fraction of sp³-hybridized carbons (Fsp3) is 0.222. The lowest BCUT2D eigenvalue weighted by Crippen LogP contribution is -2.42. The van der Waals surface area contributed by atoms with E-state index in [1.165, 1.54) is 15.2 Å². The number of hydrogen-bond acceptors (Lipinski definition) is 4. The lowest BCUT2D eigenvalue weighted by atomic mass is 10.2. The minimum absolute atomic E-state index is 0.0701. The number of nitrogens with one attached hydrogen (secondary N) is 1. The summed E-state index contributed by atoms with van der Waals surface area (Å²) in [5.41, 5.74) is 2.30. The molecule has 140 valence electrons. The van der Waals surface area contributed by atoms with E-state index in [1.807, 2.05) is 0 Å². The van der Waals surface area contributed by atoms with E-state index in [9.17, 15) is 18.0 Å². The molecule has 0 saturated carbocycles. The van der Waals surface area contributed by atoms with E-state index in [1.54, 1.807) is 51.4 Å². The molecule has 1 aliphatic heterocycles. The minimum atomic E-state index is -4.00. The Hall–Kier alpha value is -3.07. The third-order valence-electron chi connectivity index (χ3n) is 4.87. The van der Waals surface area contributed by atoms with Gasteiger partial charge in [0.05, 0.1) is 27.3 Å². The second kappa shape index (κ2) is 5.71. The molecule has 1 N–H and O–H groups in total. The Bertz CT molecular complexity index is 1270. The molecule has 9 heteroatoms. The number of para-hydroxylation sites is 2. The standard InChI is InChI=1S/C18H18N4O4S/c1-11-8-14-15(21(3)18(24)20(14)2)9-16(11)27(25,26)22-10-17(23)19-12-6-4-5-7-13(12)22/h4-9H,10H2,1-3H3,(H,19,23). The average molecular weight is 386 g/mol. The topological polar surface area (TPSA) is 93.4 Å². The predicted molar refractivity (Wildman–Crippen MR) is 103 cm³/mol. The van der Waals surface area contributed by atoms with Gasteiger partial charge in [-0.1, -0.05) is 12.1 Å². The summed E-state index contributed by atoms with van der Waals surface area (Å²) < 4.78 is 30.8. The van der Waals surface area contributed by atoms with Gasteiger partial charge in [0.2, 0.25) is 5.91 Å². The first-order valence-electron chi connectivity index (χ1n) is 8.29. The number of fused-ring (bicyclic) bond motifs is 2. The van der Waals surface area contributed by atoms with Gasteiger partial charge >= 0.3 is 5.69 Å². The number of imidazole rings is 1. The number of anilines is 2. The third-order valence-corrected chi connectivity index (χ3v) is 6.77. The number of nitrogens with zero attached hydrogens (tertiary/aromatic N) is 3. The van der Waals surface area contributed by atoms with Crippen LogP contribution in [-0.4, -0.2) is 30.0 Å². The van der Waals surface area contributed by atoms with Gasteiger partial charge in [0, 0.05) is 14.1 Å². The highest BCUT2D eigenvalue weighted by molar-refractivity contribution is 7.93. The molecular formula is C18H18N4O4S. The van der Waals surface area contributed by atoms with Crippen LogP contribution in [0.1, 0.15) is 5.56 Å². The molecule has 0 radical (unpaired) electrons. The average Bonchev–Trinajstić information content (AvgIpc) is 2.84. The molecule has 3 aromatic rings. The van der Waals surface area contributed by atoms with Crippen LogP contribution in [0.4, 0.5) is 11.4 Å². The van der Waals surface area contributed by atoms with Crippen molar-refractivity contribution in [2.75, 3.05) is 16.2 Å². The van der Waals surface area contributed by atoms with Gasteiger partial charge in [-0.15, -0.1) is 0 Å². The molecule has 1 amide bonds. The van der Waals surface area contributed by atoms with E-state index in [0.29, 0.717) is 28.0 Å². The van der Waals surface area contributed by atoms with Crippen LogP contribution in [0.3, 0.4) is 0 Å². The molecule has 0 saturated heterocycles. The van der Waals surface area contributed by atoms with Gasteiger partial charge in [-0.3, -0.25) is 18.2 Å². The van der Waals surface area contributed by atoms with Crippen molar-refractivity contribution in [2.45, 2.75) is 11.8 Å². The molecule has 1 aromatic heterocycles. The van der Waals surface area contributed by atoms with Crippen molar-refractivity contribution in [3.05, 3.63) is 52.4 Å². The van der Waals surface area contributed by atoms with Crippen molar-refractivity contribution in [3.8, 4) is 0 Å². The van der Waals surface area contributed by atoms with Crippen molar-refractivity contribution in [3.63, 3.8) is 0 Å². The first-order chi connectivity index (χ1) is 12.7.